The number of aromatic amines is 1. The highest BCUT2D eigenvalue weighted by Crippen LogP contribution is 2.24. The molecular formula is C7H11N5O. The number of likely N-dealkylation sites (tertiary alicyclic amines) is 1. The Kier molecular flexibility index (Phi) is 1.68. The number of nitrogens with one attached hydrogen (secondary N) is 1. The molecule has 6 nitrogen and oxygen atoms in total. The van der Waals surface area contributed by atoms with Gasteiger partial charge in [-0.15, -0.1) is 5.10 Å². The predicted molar refractivity (Wildman–Crippen MR) is 45.8 cm³/mol. The summed E-state index contributed by atoms with van der Waals surface area (Å²) in [4.78, 5) is 16.9. The van der Waals surface area contributed by atoms with Crippen LogP contribution in [0.3, 0.4) is 0 Å². The first-order valence-electron chi connectivity index (χ1n) is 4.08. The summed E-state index contributed by atoms with van der Waals surface area (Å²) in [5.41, 5.74) is 5.36. The van der Waals surface area contributed by atoms with Gasteiger partial charge in [0, 0.05) is 25.9 Å². The van der Waals surface area contributed by atoms with E-state index in [0.29, 0.717) is 18.8 Å². The number of rotatable bonds is 1. The molecule has 1 unspecified atom stereocenters. The number of nitrogens with zero attached hydrogens (tertiary/aromatic N) is 3. The Bertz CT molecular complexity index is 333. The van der Waals surface area contributed by atoms with Crippen molar-refractivity contribution in [2.45, 2.75) is 12.3 Å². The number of H-pyrrole nitrogens is 1. The summed E-state index contributed by atoms with van der Waals surface area (Å²) in [5.74, 6) is 1.19. The van der Waals surface area contributed by atoms with E-state index >= 15 is 0 Å². The van der Waals surface area contributed by atoms with Crippen molar-refractivity contribution in [2.75, 3.05) is 19.3 Å². The third kappa shape index (κ3) is 1.34. The molecule has 1 aliphatic rings. The number of nitrogen functional groups attached to an aromatic ring is 1. The molecule has 6 heteroatoms. The van der Waals surface area contributed by atoms with Gasteiger partial charge in [-0.05, 0) is 0 Å². The molecule has 1 aromatic heterocycles. The summed E-state index contributed by atoms with van der Waals surface area (Å²) in [5, 5.41) is 6.45. The van der Waals surface area contributed by atoms with Gasteiger partial charge in [0.05, 0.1) is 0 Å². The van der Waals surface area contributed by atoms with E-state index in [2.05, 4.69) is 15.2 Å². The van der Waals surface area contributed by atoms with Crippen molar-refractivity contribution in [3.8, 4) is 0 Å². The molecule has 2 rings (SSSR count). The second-order valence-corrected chi connectivity index (χ2v) is 3.25. The van der Waals surface area contributed by atoms with Crippen LogP contribution < -0.4 is 5.73 Å². The highest BCUT2D eigenvalue weighted by molar-refractivity contribution is 5.79. The van der Waals surface area contributed by atoms with Gasteiger partial charge < -0.3 is 10.6 Å². The first-order chi connectivity index (χ1) is 6.16. The number of likely N-dealkylation sites (N-methyl/N-ethyl adjacent to an activating group) is 1. The van der Waals surface area contributed by atoms with Crippen molar-refractivity contribution in [3.63, 3.8) is 0 Å². The number of carbonyl (C=O) groups is 1. The molecule has 1 amide bonds. The molecule has 1 saturated heterocycles. The van der Waals surface area contributed by atoms with Gasteiger partial charge in [-0.3, -0.25) is 9.89 Å². The average molecular weight is 181 g/mol. The molecule has 0 radical (unpaired) electrons. The fourth-order valence-corrected chi connectivity index (χ4v) is 1.52. The van der Waals surface area contributed by atoms with Gasteiger partial charge in [0.2, 0.25) is 11.9 Å². The van der Waals surface area contributed by atoms with Crippen molar-refractivity contribution in [1.29, 1.82) is 0 Å². The lowest BCUT2D eigenvalue weighted by Gasteiger charge is -2.06. The Balaban J connectivity index is 2.16. The molecule has 0 aliphatic carbocycles. The van der Waals surface area contributed by atoms with E-state index in [1.807, 2.05) is 0 Å². The highest BCUT2D eigenvalue weighted by Gasteiger charge is 2.30. The van der Waals surface area contributed by atoms with Crippen molar-refractivity contribution < 1.29 is 4.79 Å². The number of hydrogen-bond donors (Lipinski definition) is 2. The lowest BCUT2D eigenvalue weighted by Crippen LogP contribution is -2.18. The van der Waals surface area contributed by atoms with Gasteiger partial charge in [-0.25, -0.2) is 0 Å². The second kappa shape index (κ2) is 2.72. The van der Waals surface area contributed by atoms with E-state index in [0.717, 1.165) is 0 Å². The zero-order chi connectivity index (χ0) is 9.42. The molecular weight excluding hydrogens is 170 g/mol. The van der Waals surface area contributed by atoms with Crippen molar-refractivity contribution >= 4 is 11.9 Å². The van der Waals surface area contributed by atoms with Crippen LogP contribution in [0, 0.1) is 0 Å². The van der Waals surface area contributed by atoms with Gasteiger partial charge in [-0.2, -0.15) is 4.98 Å². The zero-order valence-electron chi connectivity index (χ0n) is 7.32. The van der Waals surface area contributed by atoms with E-state index in [1.165, 1.54) is 0 Å². The molecule has 2 heterocycles. The van der Waals surface area contributed by atoms with Gasteiger partial charge in [0.15, 0.2) is 0 Å². The van der Waals surface area contributed by atoms with Gasteiger partial charge >= 0.3 is 0 Å². The molecule has 0 bridgehead atoms. The summed E-state index contributed by atoms with van der Waals surface area (Å²) >= 11 is 0. The Labute approximate surface area is 75.1 Å². The number of carbonyl (C=O) groups excluding carboxylic acids is 1. The molecule has 70 valence electrons. The van der Waals surface area contributed by atoms with Crippen LogP contribution in [-0.2, 0) is 4.79 Å². The standard InChI is InChI=1S/C7H11N5O/c1-12-3-4(2-5(12)13)6-9-7(8)11-10-6/h4H,2-3H2,1H3,(H3,8,9,10,11). The maximum Gasteiger partial charge on any atom is 0.239 e. The van der Waals surface area contributed by atoms with E-state index in [9.17, 15) is 4.79 Å². The smallest absolute Gasteiger partial charge is 0.239 e. The lowest BCUT2D eigenvalue weighted by atomic mass is 10.1. The Morgan fingerprint density at radius 1 is 1.69 bits per heavy atom. The maximum absolute atomic E-state index is 11.2. The topological polar surface area (TPSA) is 87.9 Å². The van der Waals surface area contributed by atoms with Gasteiger partial charge in [0.1, 0.15) is 5.82 Å². The van der Waals surface area contributed by atoms with Gasteiger partial charge in [0.25, 0.3) is 0 Å². The quantitative estimate of drug-likeness (QED) is 0.601. The van der Waals surface area contributed by atoms with E-state index in [1.54, 1.807) is 11.9 Å². The first kappa shape index (κ1) is 8.03. The summed E-state index contributed by atoms with van der Waals surface area (Å²) in [7, 11) is 1.78. The van der Waals surface area contributed by atoms with Crippen molar-refractivity contribution in [2.24, 2.45) is 0 Å². The number of nitrogens with two attached hydrogens (primary N) is 1. The third-order valence-corrected chi connectivity index (χ3v) is 2.25. The molecule has 3 N–H and O–H groups in total. The Morgan fingerprint density at radius 3 is 2.92 bits per heavy atom. The number of anilines is 1. The van der Waals surface area contributed by atoms with Crippen LogP contribution >= 0.6 is 0 Å². The summed E-state index contributed by atoms with van der Waals surface area (Å²) < 4.78 is 0. The molecule has 0 saturated carbocycles. The molecule has 1 fully saturated rings. The molecule has 0 aromatic carbocycles. The van der Waals surface area contributed by atoms with E-state index in [-0.39, 0.29) is 17.8 Å². The maximum atomic E-state index is 11.2. The predicted octanol–water partition coefficient (Wildman–Crippen LogP) is -0.667. The third-order valence-electron chi connectivity index (χ3n) is 2.25. The van der Waals surface area contributed by atoms with Crippen molar-refractivity contribution in [3.05, 3.63) is 5.82 Å². The zero-order valence-corrected chi connectivity index (χ0v) is 7.32. The van der Waals surface area contributed by atoms with Crippen LogP contribution in [-0.4, -0.2) is 39.6 Å². The summed E-state index contributed by atoms with van der Waals surface area (Å²) in [6, 6.07) is 0. The average Bonchev–Trinajstić information content (AvgIpc) is 2.61. The van der Waals surface area contributed by atoms with E-state index < -0.39 is 0 Å². The molecule has 13 heavy (non-hydrogen) atoms. The number of aromatic nitrogens is 3. The summed E-state index contributed by atoms with van der Waals surface area (Å²) in [6.45, 7) is 0.688. The van der Waals surface area contributed by atoms with E-state index in [4.69, 9.17) is 5.73 Å². The normalized spacial score (nSPS) is 22.7. The van der Waals surface area contributed by atoms with Crippen LogP contribution in [0.1, 0.15) is 18.2 Å². The van der Waals surface area contributed by atoms with Crippen LogP contribution in [0.15, 0.2) is 0 Å². The molecule has 1 atom stereocenters. The first-order valence-corrected chi connectivity index (χ1v) is 4.08. The highest BCUT2D eigenvalue weighted by atomic mass is 16.2. The van der Waals surface area contributed by atoms with Crippen LogP contribution in [0.5, 0.6) is 0 Å². The fourth-order valence-electron chi connectivity index (χ4n) is 1.52. The van der Waals surface area contributed by atoms with Crippen molar-refractivity contribution in [1.82, 2.24) is 20.1 Å². The Hall–Kier alpha value is -1.59. The number of hydrogen-bond acceptors (Lipinski definition) is 4. The fraction of sp³-hybridized carbons (Fsp3) is 0.571. The van der Waals surface area contributed by atoms with Crippen LogP contribution in [0.2, 0.25) is 0 Å². The SMILES string of the molecule is CN1CC(c2nc(N)n[nH]2)CC1=O. The molecule has 1 aliphatic heterocycles. The summed E-state index contributed by atoms with van der Waals surface area (Å²) in [6.07, 6.45) is 0.491. The Morgan fingerprint density at radius 2 is 2.46 bits per heavy atom. The van der Waals surface area contributed by atoms with Crippen LogP contribution in [0.4, 0.5) is 5.95 Å². The molecule has 0 spiro atoms. The lowest BCUT2D eigenvalue weighted by molar-refractivity contribution is -0.126. The molecule has 1 aromatic rings. The minimum atomic E-state index is 0.113. The monoisotopic (exact) mass is 181 g/mol. The minimum absolute atomic E-state index is 0.113. The number of amides is 1. The van der Waals surface area contributed by atoms with Crippen LogP contribution in [0.25, 0.3) is 0 Å². The van der Waals surface area contributed by atoms with Gasteiger partial charge in [-0.1, -0.05) is 0 Å². The largest absolute Gasteiger partial charge is 0.367 e. The minimum Gasteiger partial charge on any atom is -0.367 e. The second-order valence-electron chi connectivity index (χ2n) is 3.25.